The molecule has 0 aliphatic carbocycles. The van der Waals surface area contributed by atoms with Crippen molar-refractivity contribution in [3.63, 3.8) is 0 Å². The molecule has 2 N–H and O–H groups in total. The largest absolute Gasteiger partial charge is 0.493 e. The highest BCUT2D eigenvalue weighted by molar-refractivity contribution is 14.0. The van der Waals surface area contributed by atoms with Crippen molar-refractivity contribution >= 4 is 29.9 Å². The van der Waals surface area contributed by atoms with E-state index in [0.717, 1.165) is 31.0 Å². The van der Waals surface area contributed by atoms with Crippen molar-refractivity contribution in [2.75, 3.05) is 41.5 Å². The van der Waals surface area contributed by atoms with E-state index in [1.54, 1.807) is 21.3 Å². The number of hydrogen-bond acceptors (Lipinski definition) is 5. The van der Waals surface area contributed by atoms with Crippen molar-refractivity contribution in [3.8, 4) is 17.2 Å². The third-order valence-corrected chi connectivity index (χ3v) is 5.37. The van der Waals surface area contributed by atoms with Crippen molar-refractivity contribution < 1.29 is 14.2 Å². The highest BCUT2D eigenvalue weighted by Crippen LogP contribution is 2.38. The summed E-state index contributed by atoms with van der Waals surface area (Å²) in [4.78, 5) is 6.71. The number of halogens is 1. The number of rotatable bonds is 12. The molecule has 33 heavy (non-hydrogen) atoms. The Hall–Kier alpha value is -2.20. The maximum atomic E-state index is 5.67. The van der Waals surface area contributed by atoms with Gasteiger partial charge in [0.2, 0.25) is 5.75 Å². The normalized spacial score (nSPS) is 12.0. The fourth-order valence-electron chi connectivity index (χ4n) is 3.38. The fraction of sp³-hybridized carbons (Fsp3) is 0.480. The molecule has 0 aliphatic heterocycles. The molecule has 7 nitrogen and oxygen atoms in total. The Morgan fingerprint density at radius 3 is 2.21 bits per heavy atom. The number of hydrogen-bond donors (Lipinski definition) is 2. The van der Waals surface area contributed by atoms with Crippen molar-refractivity contribution in [2.24, 2.45) is 4.99 Å². The maximum absolute atomic E-state index is 5.67. The third kappa shape index (κ3) is 9.29. The van der Waals surface area contributed by atoms with Gasteiger partial charge in [0.25, 0.3) is 0 Å². The van der Waals surface area contributed by atoms with Gasteiger partial charge >= 0.3 is 0 Å². The standard InChI is InChI=1S/C25H38N4O3.HI/c1-7-32-24-22(30-5)15-21(16-23(24)31-6)17-28-25(26-3)27-14-13-19(2)29(4)18-20-11-9-8-10-12-20;/h8-12,15-16,19H,7,13-14,17-18H2,1-6H3,(H2,26,27,28);1H. The van der Waals surface area contributed by atoms with E-state index in [9.17, 15) is 0 Å². The Morgan fingerprint density at radius 1 is 1.03 bits per heavy atom. The molecule has 0 bridgehead atoms. The van der Waals surface area contributed by atoms with Gasteiger partial charge in [-0.15, -0.1) is 24.0 Å². The fourth-order valence-corrected chi connectivity index (χ4v) is 3.38. The van der Waals surface area contributed by atoms with Crippen LogP contribution in [0.25, 0.3) is 0 Å². The van der Waals surface area contributed by atoms with Crippen LogP contribution in [0, 0.1) is 0 Å². The molecule has 0 aliphatic rings. The van der Waals surface area contributed by atoms with Gasteiger partial charge in [-0.1, -0.05) is 30.3 Å². The Morgan fingerprint density at radius 2 is 1.67 bits per heavy atom. The van der Waals surface area contributed by atoms with Gasteiger partial charge in [0.1, 0.15) is 0 Å². The molecule has 0 aromatic heterocycles. The maximum Gasteiger partial charge on any atom is 0.203 e. The Kier molecular flexibility index (Phi) is 13.6. The zero-order valence-corrected chi connectivity index (χ0v) is 23.0. The molecule has 0 radical (unpaired) electrons. The first-order chi connectivity index (χ1) is 15.5. The molecule has 8 heteroatoms. The quantitative estimate of drug-likeness (QED) is 0.226. The Balaban J connectivity index is 0.00000544. The summed E-state index contributed by atoms with van der Waals surface area (Å²) in [7, 11) is 7.20. The van der Waals surface area contributed by atoms with Gasteiger partial charge in [-0.2, -0.15) is 0 Å². The van der Waals surface area contributed by atoms with Crippen LogP contribution in [0.5, 0.6) is 17.2 Å². The van der Waals surface area contributed by atoms with Crippen LogP contribution in [-0.4, -0.2) is 58.4 Å². The number of guanidine groups is 1. The van der Waals surface area contributed by atoms with Crippen LogP contribution in [0.4, 0.5) is 0 Å². The number of methoxy groups -OCH3 is 2. The minimum atomic E-state index is 0. The molecule has 2 aromatic rings. The zero-order chi connectivity index (χ0) is 23.3. The lowest BCUT2D eigenvalue weighted by atomic mass is 10.1. The van der Waals surface area contributed by atoms with Crippen molar-refractivity contribution in [3.05, 3.63) is 53.6 Å². The number of ether oxygens (including phenoxy) is 3. The van der Waals surface area contributed by atoms with Gasteiger partial charge in [0.15, 0.2) is 17.5 Å². The average molecular weight is 571 g/mol. The van der Waals surface area contributed by atoms with Crippen LogP contribution in [0.2, 0.25) is 0 Å². The summed E-state index contributed by atoms with van der Waals surface area (Å²) >= 11 is 0. The predicted molar refractivity (Wildman–Crippen MR) is 146 cm³/mol. The molecule has 0 heterocycles. The molecule has 0 saturated carbocycles. The molecule has 2 aromatic carbocycles. The topological polar surface area (TPSA) is 67.4 Å². The van der Waals surface area contributed by atoms with Gasteiger partial charge in [-0.25, -0.2) is 0 Å². The number of aliphatic imine (C=N–C) groups is 1. The highest BCUT2D eigenvalue weighted by Gasteiger charge is 2.14. The summed E-state index contributed by atoms with van der Waals surface area (Å²) in [5.74, 6) is 2.69. The van der Waals surface area contributed by atoms with E-state index >= 15 is 0 Å². The van der Waals surface area contributed by atoms with Crippen LogP contribution >= 0.6 is 24.0 Å². The van der Waals surface area contributed by atoms with E-state index in [2.05, 4.69) is 64.8 Å². The van der Waals surface area contributed by atoms with E-state index in [1.165, 1.54) is 5.56 Å². The first kappa shape index (κ1) is 28.8. The molecule has 1 unspecified atom stereocenters. The molecule has 0 spiro atoms. The lowest BCUT2D eigenvalue weighted by Crippen LogP contribution is -2.39. The lowest BCUT2D eigenvalue weighted by molar-refractivity contribution is 0.238. The summed E-state index contributed by atoms with van der Waals surface area (Å²) in [5, 5.41) is 6.76. The van der Waals surface area contributed by atoms with Gasteiger partial charge in [0, 0.05) is 32.7 Å². The van der Waals surface area contributed by atoms with E-state index in [-0.39, 0.29) is 24.0 Å². The first-order valence-electron chi connectivity index (χ1n) is 11.1. The molecule has 0 fully saturated rings. The highest BCUT2D eigenvalue weighted by atomic mass is 127. The van der Waals surface area contributed by atoms with Crippen molar-refractivity contribution in [1.29, 1.82) is 0 Å². The average Bonchev–Trinajstić information content (AvgIpc) is 2.82. The third-order valence-electron chi connectivity index (χ3n) is 5.37. The second-order valence-electron chi connectivity index (χ2n) is 7.65. The van der Waals surface area contributed by atoms with Crippen LogP contribution in [0.3, 0.4) is 0 Å². The number of nitrogens with zero attached hydrogens (tertiary/aromatic N) is 2. The van der Waals surface area contributed by atoms with Gasteiger partial charge in [-0.3, -0.25) is 9.89 Å². The zero-order valence-electron chi connectivity index (χ0n) is 20.7. The van der Waals surface area contributed by atoms with E-state index < -0.39 is 0 Å². The van der Waals surface area contributed by atoms with Crippen LogP contribution in [0.1, 0.15) is 31.4 Å². The molecule has 1 atom stereocenters. The number of benzene rings is 2. The van der Waals surface area contributed by atoms with Crippen molar-refractivity contribution in [2.45, 2.75) is 39.4 Å². The van der Waals surface area contributed by atoms with E-state index in [1.807, 2.05) is 19.1 Å². The Bertz CT molecular complexity index is 824. The molecule has 2 rings (SSSR count). The molecule has 0 amide bonds. The smallest absolute Gasteiger partial charge is 0.203 e. The van der Waals surface area contributed by atoms with Gasteiger partial charge < -0.3 is 24.8 Å². The summed E-state index contributed by atoms with van der Waals surface area (Å²) in [6.45, 7) is 7.08. The molecular formula is C25H39IN4O3. The second kappa shape index (κ2) is 15.6. The molecule has 0 saturated heterocycles. The lowest BCUT2D eigenvalue weighted by Gasteiger charge is -2.25. The van der Waals surface area contributed by atoms with Gasteiger partial charge in [-0.05, 0) is 50.6 Å². The SMILES string of the molecule is CCOc1c(OC)cc(CNC(=NC)NCCC(C)N(C)Cc2ccccc2)cc1OC.I. The molecular weight excluding hydrogens is 531 g/mol. The number of nitrogens with one attached hydrogen (secondary N) is 2. The summed E-state index contributed by atoms with van der Waals surface area (Å²) in [6.07, 6.45) is 1.01. The first-order valence-corrected chi connectivity index (χ1v) is 11.1. The molecule has 184 valence electrons. The van der Waals surface area contributed by atoms with Crippen LogP contribution < -0.4 is 24.8 Å². The second-order valence-corrected chi connectivity index (χ2v) is 7.65. The summed E-state index contributed by atoms with van der Waals surface area (Å²) in [5.41, 5.74) is 2.34. The van der Waals surface area contributed by atoms with Crippen LogP contribution in [0.15, 0.2) is 47.5 Å². The Labute approximate surface area is 215 Å². The van der Waals surface area contributed by atoms with E-state index in [4.69, 9.17) is 14.2 Å². The predicted octanol–water partition coefficient (Wildman–Crippen LogP) is 4.30. The van der Waals surface area contributed by atoms with E-state index in [0.29, 0.717) is 36.4 Å². The van der Waals surface area contributed by atoms with Crippen molar-refractivity contribution in [1.82, 2.24) is 15.5 Å². The van der Waals surface area contributed by atoms with Crippen LogP contribution in [-0.2, 0) is 13.1 Å². The minimum absolute atomic E-state index is 0. The summed E-state index contributed by atoms with van der Waals surface area (Å²) < 4.78 is 16.6. The minimum Gasteiger partial charge on any atom is -0.493 e. The van der Waals surface area contributed by atoms with Gasteiger partial charge in [0.05, 0.1) is 20.8 Å². The summed E-state index contributed by atoms with van der Waals surface area (Å²) in [6, 6.07) is 14.9. The monoisotopic (exact) mass is 570 g/mol.